The van der Waals surface area contributed by atoms with Crippen molar-refractivity contribution < 1.29 is 24.7 Å². The van der Waals surface area contributed by atoms with Crippen molar-refractivity contribution in [3.63, 3.8) is 0 Å². The fourth-order valence-electron chi connectivity index (χ4n) is 4.41. The Kier molecular flexibility index (Phi) is 5.63. The number of aliphatic carboxylic acids is 1. The highest BCUT2D eigenvalue weighted by molar-refractivity contribution is 5.83. The summed E-state index contributed by atoms with van der Waals surface area (Å²) in [4.78, 5) is 35.0. The zero-order chi connectivity index (χ0) is 22.1. The second kappa shape index (κ2) is 7.87. The number of carboxylic acid groups (broad SMARTS) is 2. The van der Waals surface area contributed by atoms with Crippen LogP contribution in [0.2, 0.25) is 0 Å². The Morgan fingerprint density at radius 1 is 1.17 bits per heavy atom. The summed E-state index contributed by atoms with van der Waals surface area (Å²) in [6, 6.07) is 13.0. The number of nitro benzene ring substituents is 1. The Hall–Kier alpha value is -3.26. The summed E-state index contributed by atoms with van der Waals surface area (Å²) in [5.41, 5.74) is 0.785. The van der Waals surface area contributed by atoms with E-state index >= 15 is 0 Å². The minimum atomic E-state index is -1.42. The fraction of sp³-hybridized carbons (Fsp3) is 0.364. The predicted octanol–water partition coefficient (Wildman–Crippen LogP) is 3.09. The molecule has 1 fully saturated rings. The van der Waals surface area contributed by atoms with Crippen LogP contribution in [0, 0.1) is 15.5 Å². The quantitative estimate of drug-likeness (QED) is 0.458. The van der Waals surface area contributed by atoms with E-state index in [1.165, 1.54) is 24.3 Å². The number of hydrogen-bond donors (Lipinski definition) is 1. The molecule has 8 heteroatoms. The molecule has 3 rings (SSSR count). The van der Waals surface area contributed by atoms with Crippen LogP contribution in [-0.4, -0.2) is 35.2 Å². The van der Waals surface area contributed by atoms with E-state index in [4.69, 9.17) is 0 Å². The van der Waals surface area contributed by atoms with Crippen molar-refractivity contribution in [1.82, 2.24) is 4.48 Å². The lowest BCUT2D eigenvalue weighted by Crippen LogP contribution is -2.68. The molecule has 0 radical (unpaired) electrons. The van der Waals surface area contributed by atoms with Crippen LogP contribution < -0.4 is 9.59 Å². The second-order valence-electron chi connectivity index (χ2n) is 8.21. The monoisotopic (exact) mass is 412 g/mol. The number of hydrogen-bond acceptors (Lipinski definition) is 5. The topological polar surface area (TPSA) is 121 Å². The highest BCUT2D eigenvalue weighted by Crippen LogP contribution is 2.44. The number of nitrogens with zero attached hydrogens (tertiary/aromatic N) is 2. The third-order valence-corrected chi connectivity index (χ3v) is 6.13. The molecule has 2 aromatic rings. The molecule has 2 aromatic carbocycles. The first-order valence-electron chi connectivity index (χ1n) is 9.77. The van der Waals surface area contributed by atoms with Gasteiger partial charge in [-0.15, -0.1) is 0 Å². The summed E-state index contributed by atoms with van der Waals surface area (Å²) in [6.45, 7) is 3.48. The maximum Gasteiger partial charge on any atom is 0.315 e. The third-order valence-electron chi connectivity index (χ3n) is 6.13. The maximum absolute atomic E-state index is 12.4. The van der Waals surface area contributed by atoms with Crippen LogP contribution in [-0.2, 0) is 11.2 Å². The van der Waals surface area contributed by atoms with Gasteiger partial charge in [0.15, 0.2) is 0 Å². The van der Waals surface area contributed by atoms with Crippen LogP contribution in [0.4, 0.5) is 16.2 Å². The van der Waals surface area contributed by atoms with Crippen molar-refractivity contribution in [2.75, 3.05) is 13.1 Å². The maximum atomic E-state index is 12.4. The van der Waals surface area contributed by atoms with Crippen molar-refractivity contribution in [1.29, 1.82) is 0 Å². The third kappa shape index (κ3) is 3.78. The molecule has 8 nitrogen and oxygen atoms in total. The van der Waals surface area contributed by atoms with E-state index in [0.717, 1.165) is 17.5 Å². The van der Waals surface area contributed by atoms with Crippen LogP contribution in [0.5, 0.6) is 0 Å². The normalized spacial score (nSPS) is 26.1. The van der Waals surface area contributed by atoms with Gasteiger partial charge in [-0.1, -0.05) is 31.2 Å². The molecule has 3 atom stereocenters. The number of rotatable bonds is 5. The molecule has 1 N–H and O–H groups in total. The molecule has 1 heterocycles. The van der Waals surface area contributed by atoms with Crippen LogP contribution in [0.15, 0.2) is 48.5 Å². The second-order valence-corrected chi connectivity index (χ2v) is 8.21. The smallest absolute Gasteiger partial charge is 0.315 e. The van der Waals surface area contributed by atoms with Gasteiger partial charge in [-0.05, 0) is 30.9 Å². The van der Waals surface area contributed by atoms with E-state index in [-0.39, 0.29) is 36.8 Å². The zero-order valence-electron chi connectivity index (χ0n) is 16.9. The average Bonchev–Trinajstić information content (AvgIpc) is 2.73. The molecule has 0 aromatic heterocycles. The lowest BCUT2D eigenvalue weighted by molar-refractivity contribution is -0.384. The van der Waals surface area contributed by atoms with Crippen LogP contribution in [0.1, 0.15) is 37.3 Å². The van der Waals surface area contributed by atoms with Gasteiger partial charge in [0.25, 0.3) is 11.8 Å². The van der Waals surface area contributed by atoms with Gasteiger partial charge in [0.1, 0.15) is 17.6 Å². The van der Waals surface area contributed by atoms with E-state index in [9.17, 15) is 29.9 Å². The summed E-state index contributed by atoms with van der Waals surface area (Å²) < 4.78 is -0.707. The zero-order valence-corrected chi connectivity index (χ0v) is 16.9. The first kappa shape index (κ1) is 21.4. The Labute approximate surface area is 174 Å². The number of carbonyl (C=O) groups is 2. The van der Waals surface area contributed by atoms with Crippen molar-refractivity contribution in [2.24, 2.45) is 5.41 Å². The Morgan fingerprint density at radius 3 is 2.23 bits per heavy atom. The molecule has 0 aliphatic carbocycles. The number of piperidine rings is 1. The van der Waals surface area contributed by atoms with Gasteiger partial charge in [-0.3, -0.25) is 14.9 Å². The SMILES string of the molecule is CCc1ccc(C2CC(C)(C(=O)O)C[N+](C(=O)[O-])(c3ccc([N+](=O)[O-])cc3)C2)cc1. The van der Waals surface area contributed by atoms with Crippen molar-refractivity contribution >= 4 is 23.4 Å². The Morgan fingerprint density at radius 2 is 1.77 bits per heavy atom. The van der Waals surface area contributed by atoms with E-state index < -0.39 is 26.9 Å². The fourth-order valence-corrected chi connectivity index (χ4v) is 4.41. The summed E-state index contributed by atoms with van der Waals surface area (Å²) in [6.07, 6.45) is -0.278. The minimum Gasteiger partial charge on any atom is -0.498 e. The molecular formula is C22H24N2O6. The molecule has 0 saturated carbocycles. The summed E-state index contributed by atoms with van der Waals surface area (Å²) >= 11 is 0. The van der Waals surface area contributed by atoms with Gasteiger partial charge in [-0.25, -0.2) is 4.48 Å². The molecule has 30 heavy (non-hydrogen) atoms. The molecule has 1 aliphatic rings. The first-order chi connectivity index (χ1) is 14.1. The standard InChI is InChI=1S/C22H24N2O6/c1-3-15-4-6-16(7-5-15)17-12-22(2,20(25)26)14-24(13-17,21(27)28)19-10-8-18(9-11-19)23(29)30/h4-11,17H,3,12-14H2,1-2H3,(H-,25,26,27,28). The molecule has 158 valence electrons. The lowest BCUT2D eigenvalue weighted by atomic mass is 9.73. The predicted molar refractivity (Wildman–Crippen MR) is 109 cm³/mol. The molecule has 0 bridgehead atoms. The first-order valence-corrected chi connectivity index (χ1v) is 9.77. The number of likely N-dealkylation sites (tertiary alicyclic amines) is 1. The molecular weight excluding hydrogens is 388 g/mol. The van der Waals surface area contributed by atoms with Gasteiger partial charge < -0.3 is 15.0 Å². The van der Waals surface area contributed by atoms with Crippen molar-refractivity contribution in [3.8, 4) is 0 Å². The van der Waals surface area contributed by atoms with Crippen LogP contribution >= 0.6 is 0 Å². The highest BCUT2D eigenvalue weighted by atomic mass is 16.6. The average molecular weight is 412 g/mol. The van der Waals surface area contributed by atoms with Crippen molar-refractivity contribution in [3.05, 3.63) is 69.8 Å². The number of aryl methyl sites for hydroxylation is 1. The highest BCUT2D eigenvalue weighted by Gasteiger charge is 2.53. The van der Waals surface area contributed by atoms with E-state index in [0.29, 0.717) is 0 Å². The number of carbonyl (C=O) groups excluding carboxylic acids is 1. The number of quaternary nitrogens is 1. The van der Waals surface area contributed by atoms with Gasteiger partial charge in [0.2, 0.25) is 0 Å². The molecule has 1 aliphatic heterocycles. The van der Waals surface area contributed by atoms with E-state index in [1.807, 2.05) is 31.2 Å². The minimum absolute atomic E-state index is 0.106. The molecule has 0 spiro atoms. The van der Waals surface area contributed by atoms with Gasteiger partial charge in [-0.2, -0.15) is 0 Å². The number of carboxylic acids is 1. The Balaban J connectivity index is 2.11. The number of benzene rings is 2. The summed E-state index contributed by atoms with van der Waals surface area (Å²) in [5.74, 6) is -1.41. The largest absolute Gasteiger partial charge is 0.498 e. The number of amides is 1. The molecule has 1 saturated heterocycles. The van der Waals surface area contributed by atoms with Crippen molar-refractivity contribution in [2.45, 2.75) is 32.6 Å². The van der Waals surface area contributed by atoms with E-state index in [2.05, 4.69) is 0 Å². The van der Waals surface area contributed by atoms with Crippen LogP contribution in [0.25, 0.3) is 0 Å². The van der Waals surface area contributed by atoms with Gasteiger partial charge in [0.05, 0.1) is 11.5 Å². The lowest BCUT2D eigenvalue weighted by Gasteiger charge is -2.49. The molecule has 1 amide bonds. The van der Waals surface area contributed by atoms with Gasteiger partial charge in [0, 0.05) is 30.2 Å². The Bertz CT molecular complexity index is 972. The van der Waals surface area contributed by atoms with E-state index in [1.54, 1.807) is 6.92 Å². The summed E-state index contributed by atoms with van der Waals surface area (Å²) in [7, 11) is 0. The molecule has 3 unspecified atom stereocenters. The number of non-ortho nitro benzene ring substituents is 1. The number of nitro groups is 1. The van der Waals surface area contributed by atoms with Crippen LogP contribution in [0.3, 0.4) is 0 Å². The van der Waals surface area contributed by atoms with Gasteiger partial charge >= 0.3 is 5.97 Å². The summed E-state index contributed by atoms with van der Waals surface area (Å²) in [5, 5.41) is 33.3.